The fourth-order valence-corrected chi connectivity index (χ4v) is 2.53. The molecule has 0 saturated carbocycles. The van der Waals surface area contributed by atoms with E-state index in [1.165, 1.54) is 6.07 Å². The Hall–Kier alpha value is -1.14. The third kappa shape index (κ3) is 4.97. The van der Waals surface area contributed by atoms with Crippen LogP contribution in [0.1, 0.15) is 24.2 Å². The van der Waals surface area contributed by atoms with Gasteiger partial charge in [-0.1, -0.05) is 13.8 Å². The number of anilines is 1. The van der Waals surface area contributed by atoms with Crippen molar-refractivity contribution in [1.82, 2.24) is 4.90 Å². The van der Waals surface area contributed by atoms with Gasteiger partial charge in [0, 0.05) is 19.6 Å². The molecule has 0 amide bonds. The molecular formula is C15H22BrFN2O2. The van der Waals surface area contributed by atoms with Gasteiger partial charge >= 0.3 is 5.97 Å². The first-order valence-corrected chi connectivity index (χ1v) is 7.64. The summed E-state index contributed by atoms with van der Waals surface area (Å²) >= 11 is 3.05. The normalized spacial score (nSPS) is 11.2. The van der Waals surface area contributed by atoms with E-state index in [4.69, 9.17) is 5.11 Å². The van der Waals surface area contributed by atoms with Crippen molar-refractivity contribution in [3.8, 4) is 0 Å². The Morgan fingerprint density at radius 1 is 1.33 bits per heavy atom. The monoisotopic (exact) mass is 360 g/mol. The third-order valence-corrected chi connectivity index (χ3v) is 3.81. The lowest BCUT2D eigenvalue weighted by atomic mass is 10.1. The van der Waals surface area contributed by atoms with Gasteiger partial charge in [0.25, 0.3) is 0 Å². The molecule has 0 spiro atoms. The molecular weight excluding hydrogens is 339 g/mol. The largest absolute Gasteiger partial charge is 0.478 e. The highest BCUT2D eigenvalue weighted by Crippen LogP contribution is 2.30. The second-order valence-corrected chi connectivity index (χ2v) is 6.50. The minimum absolute atomic E-state index is 0.00566. The van der Waals surface area contributed by atoms with Crippen molar-refractivity contribution in [2.24, 2.45) is 5.92 Å². The summed E-state index contributed by atoms with van der Waals surface area (Å²) in [4.78, 5) is 15.0. The first kappa shape index (κ1) is 17.9. The maximum Gasteiger partial charge on any atom is 0.336 e. The number of benzene rings is 1. The lowest BCUT2D eigenvalue weighted by Gasteiger charge is -2.29. The first-order chi connectivity index (χ1) is 9.73. The van der Waals surface area contributed by atoms with E-state index in [2.05, 4.69) is 29.8 Å². The van der Waals surface area contributed by atoms with Crippen LogP contribution in [0.5, 0.6) is 0 Å². The maximum absolute atomic E-state index is 14.5. The van der Waals surface area contributed by atoms with Crippen LogP contribution in [0.4, 0.5) is 10.1 Å². The van der Waals surface area contributed by atoms with E-state index in [1.54, 1.807) is 6.07 Å². The highest BCUT2D eigenvalue weighted by atomic mass is 79.9. The number of carboxylic acid groups (broad SMARTS) is 1. The molecule has 1 rings (SSSR count). The highest BCUT2D eigenvalue weighted by molar-refractivity contribution is 9.10. The summed E-state index contributed by atoms with van der Waals surface area (Å²) in [7, 11) is 3.93. The van der Waals surface area contributed by atoms with Crippen molar-refractivity contribution in [2.45, 2.75) is 13.8 Å². The Labute approximate surface area is 133 Å². The predicted molar refractivity (Wildman–Crippen MR) is 86.7 cm³/mol. The van der Waals surface area contributed by atoms with Crippen LogP contribution in [-0.2, 0) is 0 Å². The second-order valence-electron chi connectivity index (χ2n) is 5.71. The minimum atomic E-state index is -1.14. The molecule has 0 radical (unpaired) electrons. The molecule has 0 aliphatic heterocycles. The number of nitrogens with zero attached hydrogens (tertiary/aromatic N) is 2. The Balaban J connectivity index is 3.12. The van der Waals surface area contributed by atoms with Crippen molar-refractivity contribution >= 4 is 27.6 Å². The first-order valence-electron chi connectivity index (χ1n) is 6.85. The van der Waals surface area contributed by atoms with Crippen molar-refractivity contribution in [1.29, 1.82) is 0 Å². The van der Waals surface area contributed by atoms with Gasteiger partial charge in [-0.15, -0.1) is 0 Å². The van der Waals surface area contributed by atoms with Crippen molar-refractivity contribution < 1.29 is 14.3 Å². The van der Waals surface area contributed by atoms with Gasteiger partial charge in [-0.05, 0) is 48.1 Å². The van der Waals surface area contributed by atoms with Crippen LogP contribution < -0.4 is 4.90 Å². The summed E-state index contributed by atoms with van der Waals surface area (Å²) in [6.45, 7) is 6.33. The zero-order valence-corrected chi connectivity index (χ0v) is 14.4. The molecule has 0 heterocycles. The number of rotatable bonds is 7. The van der Waals surface area contributed by atoms with Gasteiger partial charge in [0.05, 0.1) is 15.7 Å². The lowest BCUT2D eigenvalue weighted by Crippen LogP contribution is -2.35. The average Bonchev–Trinajstić information content (AvgIpc) is 2.37. The van der Waals surface area contributed by atoms with Gasteiger partial charge in [-0.2, -0.15) is 0 Å². The van der Waals surface area contributed by atoms with Gasteiger partial charge in [-0.3, -0.25) is 0 Å². The highest BCUT2D eigenvalue weighted by Gasteiger charge is 2.20. The van der Waals surface area contributed by atoms with Crippen molar-refractivity contribution in [2.75, 3.05) is 38.6 Å². The van der Waals surface area contributed by atoms with Gasteiger partial charge in [0.15, 0.2) is 5.82 Å². The SMILES string of the molecule is CC(C)CN(CCN(C)C)c1ccc(C(=O)O)c(Br)c1F. The van der Waals surface area contributed by atoms with E-state index in [1.807, 2.05) is 23.9 Å². The van der Waals surface area contributed by atoms with Crippen LogP contribution >= 0.6 is 15.9 Å². The Morgan fingerprint density at radius 2 is 1.95 bits per heavy atom. The molecule has 1 aromatic rings. The van der Waals surface area contributed by atoms with E-state index in [9.17, 15) is 9.18 Å². The van der Waals surface area contributed by atoms with Crippen molar-refractivity contribution in [3.63, 3.8) is 0 Å². The number of carbonyl (C=O) groups is 1. The molecule has 118 valence electrons. The topological polar surface area (TPSA) is 43.8 Å². The number of hydrogen-bond acceptors (Lipinski definition) is 3. The zero-order valence-electron chi connectivity index (χ0n) is 12.9. The molecule has 0 aromatic heterocycles. The molecule has 0 unspecified atom stereocenters. The van der Waals surface area contributed by atoms with E-state index in [-0.39, 0.29) is 10.0 Å². The Kier molecular flexibility index (Phi) is 6.61. The molecule has 21 heavy (non-hydrogen) atoms. The summed E-state index contributed by atoms with van der Waals surface area (Å²) in [6.07, 6.45) is 0. The van der Waals surface area contributed by atoms with E-state index in [0.29, 0.717) is 24.7 Å². The molecule has 0 fully saturated rings. The van der Waals surface area contributed by atoms with Crippen LogP contribution in [0.3, 0.4) is 0 Å². The number of aromatic carboxylic acids is 1. The van der Waals surface area contributed by atoms with Crippen LogP contribution in [-0.4, -0.2) is 49.7 Å². The molecule has 0 atom stereocenters. The molecule has 1 N–H and O–H groups in total. The zero-order chi connectivity index (χ0) is 16.2. The summed E-state index contributed by atoms with van der Waals surface area (Å²) in [5, 5.41) is 9.02. The molecule has 0 aliphatic carbocycles. The van der Waals surface area contributed by atoms with Crippen LogP contribution in [0.25, 0.3) is 0 Å². The summed E-state index contributed by atoms with van der Waals surface area (Å²) in [5.41, 5.74) is 0.371. The fourth-order valence-electron chi connectivity index (χ4n) is 2.02. The smallest absolute Gasteiger partial charge is 0.336 e. The van der Waals surface area contributed by atoms with E-state index >= 15 is 0 Å². The van der Waals surface area contributed by atoms with E-state index < -0.39 is 11.8 Å². The number of carboxylic acids is 1. The van der Waals surface area contributed by atoms with Crippen LogP contribution in [0.15, 0.2) is 16.6 Å². The Bertz CT molecular complexity index is 507. The summed E-state index contributed by atoms with van der Waals surface area (Å²) < 4.78 is 14.5. The number of halogens is 2. The lowest BCUT2D eigenvalue weighted by molar-refractivity contribution is 0.0695. The second kappa shape index (κ2) is 7.75. The van der Waals surface area contributed by atoms with Gasteiger partial charge < -0.3 is 14.9 Å². The quantitative estimate of drug-likeness (QED) is 0.809. The molecule has 1 aromatic carbocycles. The minimum Gasteiger partial charge on any atom is -0.478 e. The van der Waals surface area contributed by atoms with Crippen LogP contribution in [0.2, 0.25) is 0 Å². The fraction of sp³-hybridized carbons (Fsp3) is 0.533. The molecule has 4 nitrogen and oxygen atoms in total. The molecule has 0 aliphatic rings. The van der Waals surface area contributed by atoms with Gasteiger partial charge in [0.1, 0.15) is 0 Å². The number of hydrogen-bond donors (Lipinski definition) is 1. The van der Waals surface area contributed by atoms with Gasteiger partial charge in [0.2, 0.25) is 0 Å². The maximum atomic E-state index is 14.5. The molecule has 0 bridgehead atoms. The molecule has 6 heteroatoms. The standard InChI is InChI=1S/C15H22BrFN2O2/c1-10(2)9-19(8-7-18(3)4)12-6-5-11(15(20)21)13(16)14(12)17/h5-6,10H,7-9H2,1-4H3,(H,20,21). The van der Waals surface area contributed by atoms with Crippen molar-refractivity contribution in [3.05, 3.63) is 28.0 Å². The third-order valence-electron chi connectivity index (χ3n) is 3.04. The Morgan fingerprint density at radius 3 is 2.43 bits per heavy atom. The van der Waals surface area contributed by atoms with E-state index in [0.717, 1.165) is 6.54 Å². The molecule has 0 saturated heterocycles. The predicted octanol–water partition coefficient (Wildman–Crippen LogP) is 3.31. The van der Waals surface area contributed by atoms with Gasteiger partial charge in [-0.25, -0.2) is 9.18 Å². The average molecular weight is 361 g/mol. The summed E-state index contributed by atoms with van der Waals surface area (Å²) in [6, 6.07) is 2.98. The summed E-state index contributed by atoms with van der Waals surface area (Å²) in [5.74, 6) is -1.28. The number of likely N-dealkylation sites (N-methyl/N-ethyl adjacent to an activating group) is 1. The van der Waals surface area contributed by atoms with Crippen LogP contribution in [0, 0.1) is 11.7 Å².